The van der Waals surface area contributed by atoms with Crippen molar-refractivity contribution >= 4 is 34.3 Å². The molecule has 0 fully saturated rings. The Labute approximate surface area is 147 Å². The average molecular weight is 341 g/mol. The maximum absolute atomic E-state index is 5.93. The fraction of sp³-hybridized carbons (Fsp3) is 0.263. The number of benzene rings is 2. The van der Waals surface area contributed by atoms with Crippen LogP contribution in [0.3, 0.4) is 0 Å². The Balaban J connectivity index is 1.91. The Hall–Kier alpha value is -2.33. The number of aromatic nitrogens is 2. The van der Waals surface area contributed by atoms with E-state index in [0.29, 0.717) is 12.5 Å². The first-order chi connectivity index (χ1) is 11.7. The summed E-state index contributed by atoms with van der Waals surface area (Å²) < 4.78 is 0. The van der Waals surface area contributed by atoms with Crippen LogP contribution in [0.2, 0.25) is 5.02 Å². The molecule has 0 amide bonds. The highest BCUT2D eigenvalue weighted by Gasteiger charge is 2.12. The van der Waals surface area contributed by atoms with Crippen LogP contribution in [0.25, 0.3) is 10.9 Å². The Kier molecular flexibility index (Phi) is 5.16. The second-order valence-electron chi connectivity index (χ2n) is 5.54. The van der Waals surface area contributed by atoms with Gasteiger partial charge in [0, 0.05) is 30.0 Å². The van der Waals surface area contributed by atoms with E-state index in [4.69, 9.17) is 16.6 Å². The first kappa shape index (κ1) is 16.5. The number of nitrogens with one attached hydrogen (secondary N) is 1. The molecule has 0 bridgehead atoms. The van der Waals surface area contributed by atoms with Crippen molar-refractivity contribution in [1.82, 2.24) is 9.97 Å². The van der Waals surface area contributed by atoms with Crippen molar-refractivity contribution in [2.24, 2.45) is 0 Å². The zero-order valence-electron chi connectivity index (χ0n) is 14.0. The van der Waals surface area contributed by atoms with E-state index in [1.807, 2.05) is 42.5 Å². The average Bonchev–Trinajstić information content (AvgIpc) is 2.62. The second kappa shape index (κ2) is 7.49. The molecule has 0 saturated carbocycles. The number of nitrogens with zero attached hydrogens (tertiary/aromatic N) is 3. The third-order valence-corrected chi connectivity index (χ3v) is 4.26. The maximum Gasteiger partial charge on any atom is 0.225 e. The van der Waals surface area contributed by atoms with Crippen molar-refractivity contribution in [2.75, 3.05) is 23.3 Å². The van der Waals surface area contributed by atoms with Crippen LogP contribution in [-0.2, 0) is 6.54 Å². The molecule has 0 aliphatic carbocycles. The molecule has 124 valence electrons. The monoisotopic (exact) mass is 340 g/mol. The van der Waals surface area contributed by atoms with Gasteiger partial charge in [-0.1, -0.05) is 35.9 Å². The van der Waals surface area contributed by atoms with Gasteiger partial charge in [0.15, 0.2) is 0 Å². The maximum atomic E-state index is 5.93. The van der Waals surface area contributed by atoms with Gasteiger partial charge in [0.1, 0.15) is 5.82 Å². The lowest BCUT2D eigenvalue weighted by Gasteiger charge is -2.22. The zero-order chi connectivity index (χ0) is 16.9. The second-order valence-corrected chi connectivity index (χ2v) is 5.98. The number of rotatable bonds is 6. The topological polar surface area (TPSA) is 41.1 Å². The summed E-state index contributed by atoms with van der Waals surface area (Å²) in [5, 5.41) is 5.15. The predicted octanol–water partition coefficient (Wildman–Crippen LogP) is 4.74. The normalized spacial score (nSPS) is 10.8. The van der Waals surface area contributed by atoms with E-state index >= 15 is 0 Å². The highest BCUT2D eigenvalue weighted by Crippen LogP contribution is 2.25. The van der Waals surface area contributed by atoms with E-state index in [9.17, 15) is 0 Å². The molecule has 0 unspecified atom stereocenters. The number of hydrogen-bond donors (Lipinski definition) is 1. The highest BCUT2D eigenvalue weighted by molar-refractivity contribution is 6.30. The van der Waals surface area contributed by atoms with E-state index in [0.717, 1.165) is 40.4 Å². The first-order valence-corrected chi connectivity index (χ1v) is 8.59. The Morgan fingerprint density at radius 2 is 1.67 bits per heavy atom. The minimum absolute atomic E-state index is 0.644. The van der Waals surface area contributed by atoms with Gasteiger partial charge in [0.25, 0.3) is 0 Å². The fourth-order valence-electron chi connectivity index (χ4n) is 2.69. The molecule has 3 aromatic rings. The van der Waals surface area contributed by atoms with Gasteiger partial charge in [0.2, 0.25) is 5.95 Å². The van der Waals surface area contributed by atoms with E-state index in [1.54, 1.807) is 0 Å². The van der Waals surface area contributed by atoms with Gasteiger partial charge in [-0.25, -0.2) is 4.98 Å². The Bertz CT molecular complexity index is 813. The van der Waals surface area contributed by atoms with Crippen molar-refractivity contribution in [2.45, 2.75) is 20.4 Å². The smallest absolute Gasteiger partial charge is 0.225 e. The van der Waals surface area contributed by atoms with E-state index < -0.39 is 0 Å². The molecule has 24 heavy (non-hydrogen) atoms. The molecule has 0 radical (unpaired) electrons. The summed E-state index contributed by atoms with van der Waals surface area (Å²) in [4.78, 5) is 11.6. The molecule has 3 rings (SSSR count). The van der Waals surface area contributed by atoms with Gasteiger partial charge < -0.3 is 10.2 Å². The van der Waals surface area contributed by atoms with Crippen molar-refractivity contribution in [3.63, 3.8) is 0 Å². The van der Waals surface area contributed by atoms with Crippen molar-refractivity contribution in [1.29, 1.82) is 0 Å². The molecule has 0 spiro atoms. The Morgan fingerprint density at radius 3 is 2.38 bits per heavy atom. The minimum Gasteiger partial charge on any atom is -0.356 e. The summed E-state index contributed by atoms with van der Waals surface area (Å²) in [6.45, 7) is 6.76. The van der Waals surface area contributed by atoms with E-state index in [2.05, 4.69) is 35.1 Å². The third-order valence-electron chi connectivity index (χ3n) is 4.01. The van der Waals surface area contributed by atoms with Gasteiger partial charge >= 0.3 is 0 Å². The van der Waals surface area contributed by atoms with Crippen molar-refractivity contribution in [3.05, 3.63) is 59.1 Å². The van der Waals surface area contributed by atoms with Crippen LogP contribution in [0.15, 0.2) is 48.5 Å². The lowest BCUT2D eigenvalue weighted by atomic mass is 10.2. The summed E-state index contributed by atoms with van der Waals surface area (Å²) in [5.74, 6) is 1.62. The summed E-state index contributed by atoms with van der Waals surface area (Å²) in [6.07, 6.45) is 0. The van der Waals surface area contributed by atoms with Gasteiger partial charge in [0.05, 0.1) is 5.52 Å². The molecule has 2 aromatic carbocycles. The molecule has 1 N–H and O–H groups in total. The SMILES string of the molecule is CCN(CC)c1nc(NCc2ccc(Cl)cc2)nc2ccccc12. The van der Waals surface area contributed by atoms with Gasteiger partial charge in [-0.2, -0.15) is 4.98 Å². The first-order valence-electron chi connectivity index (χ1n) is 8.21. The quantitative estimate of drug-likeness (QED) is 0.703. The van der Waals surface area contributed by atoms with Crippen LogP contribution >= 0.6 is 11.6 Å². The summed E-state index contributed by atoms with van der Waals surface area (Å²) in [5.41, 5.74) is 2.09. The number of anilines is 2. The predicted molar refractivity (Wildman–Crippen MR) is 102 cm³/mol. The van der Waals surface area contributed by atoms with E-state index in [-0.39, 0.29) is 0 Å². The molecule has 4 nitrogen and oxygen atoms in total. The lowest BCUT2D eigenvalue weighted by molar-refractivity contribution is 0.848. The molecule has 0 saturated heterocycles. The number of halogens is 1. The van der Waals surface area contributed by atoms with Crippen LogP contribution in [0.1, 0.15) is 19.4 Å². The van der Waals surface area contributed by atoms with Crippen LogP contribution < -0.4 is 10.2 Å². The van der Waals surface area contributed by atoms with Gasteiger partial charge in [-0.05, 0) is 43.7 Å². The molecule has 0 aliphatic rings. The molecule has 1 heterocycles. The molecule has 0 aliphatic heterocycles. The minimum atomic E-state index is 0.644. The number of fused-ring (bicyclic) bond motifs is 1. The fourth-order valence-corrected chi connectivity index (χ4v) is 2.81. The third kappa shape index (κ3) is 3.60. The van der Waals surface area contributed by atoms with Gasteiger partial charge in [-0.15, -0.1) is 0 Å². The van der Waals surface area contributed by atoms with Crippen LogP contribution in [0.4, 0.5) is 11.8 Å². The van der Waals surface area contributed by atoms with Crippen LogP contribution in [-0.4, -0.2) is 23.1 Å². The van der Waals surface area contributed by atoms with Crippen molar-refractivity contribution in [3.8, 4) is 0 Å². The van der Waals surface area contributed by atoms with Gasteiger partial charge in [-0.3, -0.25) is 0 Å². The lowest BCUT2D eigenvalue weighted by Crippen LogP contribution is -2.24. The number of hydrogen-bond acceptors (Lipinski definition) is 4. The summed E-state index contributed by atoms with van der Waals surface area (Å²) >= 11 is 5.93. The molecular weight excluding hydrogens is 320 g/mol. The van der Waals surface area contributed by atoms with Crippen LogP contribution in [0, 0.1) is 0 Å². The highest BCUT2D eigenvalue weighted by atomic mass is 35.5. The largest absolute Gasteiger partial charge is 0.356 e. The van der Waals surface area contributed by atoms with Crippen LogP contribution in [0.5, 0.6) is 0 Å². The summed E-state index contributed by atoms with van der Waals surface area (Å²) in [6, 6.07) is 15.9. The standard InChI is InChI=1S/C19H21ClN4/c1-3-24(4-2)18-16-7-5-6-8-17(16)22-19(23-18)21-13-14-9-11-15(20)12-10-14/h5-12H,3-4,13H2,1-2H3,(H,21,22,23). The molecular formula is C19H21ClN4. The zero-order valence-corrected chi connectivity index (χ0v) is 14.7. The molecule has 5 heteroatoms. The summed E-state index contributed by atoms with van der Waals surface area (Å²) in [7, 11) is 0. The van der Waals surface area contributed by atoms with E-state index in [1.165, 1.54) is 0 Å². The van der Waals surface area contributed by atoms with Crippen molar-refractivity contribution < 1.29 is 0 Å². The number of para-hydroxylation sites is 1. The molecule has 0 atom stereocenters. The molecule has 1 aromatic heterocycles. The Morgan fingerprint density at radius 1 is 0.958 bits per heavy atom.